The van der Waals surface area contributed by atoms with Crippen LogP contribution in [0.5, 0.6) is 0 Å². The molecule has 1 heterocycles. The maximum atomic E-state index is 13.1. The van der Waals surface area contributed by atoms with E-state index in [1.165, 1.54) is 10.4 Å². The lowest BCUT2D eigenvalue weighted by Crippen LogP contribution is -2.73. The third-order valence-electron chi connectivity index (χ3n) is 10.1. The van der Waals surface area contributed by atoms with Crippen molar-refractivity contribution in [2.75, 3.05) is 5.73 Å². The summed E-state index contributed by atoms with van der Waals surface area (Å²) in [5.74, 6) is 1.36. The molecule has 0 aliphatic heterocycles. The zero-order valence-corrected chi connectivity index (χ0v) is 26.9. The smallest absolute Gasteiger partial charge is 0.408 e. The number of nitrogens with zero attached hydrogens (tertiary/aromatic N) is 3. The molecule has 4 saturated carbocycles. The molecule has 1 aromatic heterocycles. The van der Waals surface area contributed by atoms with Crippen LogP contribution in [0.2, 0.25) is 5.04 Å². The van der Waals surface area contributed by atoms with Crippen molar-refractivity contribution in [3.63, 3.8) is 0 Å². The number of benzene rings is 2. The van der Waals surface area contributed by atoms with Crippen LogP contribution in [0, 0.1) is 5.92 Å². The van der Waals surface area contributed by atoms with E-state index < -0.39 is 14.4 Å². The first kappa shape index (κ1) is 29.0. The van der Waals surface area contributed by atoms with E-state index >= 15 is 0 Å². The first-order chi connectivity index (χ1) is 19.7. The molecule has 4 aliphatic carbocycles. The fourth-order valence-corrected chi connectivity index (χ4v) is 12.8. The molecule has 1 amide bonds. The molecular formula is C34H46N4O3Si. The second-order valence-corrected chi connectivity index (χ2v) is 19.2. The zero-order chi connectivity index (χ0) is 30.1. The van der Waals surface area contributed by atoms with Gasteiger partial charge in [-0.25, -0.2) is 9.48 Å². The highest BCUT2D eigenvalue weighted by atomic mass is 28.4. The summed E-state index contributed by atoms with van der Waals surface area (Å²) in [5, 5.41) is 17.9. The van der Waals surface area contributed by atoms with Gasteiger partial charge in [0.05, 0.1) is 23.4 Å². The monoisotopic (exact) mass is 586 g/mol. The summed E-state index contributed by atoms with van der Waals surface area (Å²) in [6, 6.07) is 23.0. The van der Waals surface area contributed by atoms with Crippen LogP contribution in [0.3, 0.4) is 0 Å². The van der Waals surface area contributed by atoms with E-state index in [0.717, 1.165) is 25.0 Å². The SMILES string of the molecule is CC(C)(C)n1nc(C2CC(O[Si](c3ccccc3)(c3ccccc3)C(C)(C)C)C(N(C(=O)O)C34CC(C3)C4)C2)cc1N. The first-order valence-electron chi connectivity index (χ1n) is 15.4. The molecule has 3 aromatic rings. The van der Waals surface area contributed by atoms with E-state index in [2.05, 4.69) is 102 Å². The Morgan fingerprint density at radius 3 is 1.93 bits per heavy atom. The lowest BCUT2D eigenvalue weighted by atomic mass is 9.49. The number of nitrogen functional groups attached to an aromatic ring is 1. The molecule has 4 aliphatic rings. The number of aromatic nitrogens is 2. The molecule has 7 nitrogen and oxygen atoms in total. The molecule has 42 heavy (non-hydrogen) atoms. The van der Waals surface area contributed by atoms with E-state index in [0.29, 0.717) is 24.6 Å². The number of amides is 1. The Morgan fingerprint density at radius 2 is 1.52 bits per heavy atom. The Bertz CT molecular complexity index is 1390. The summed E-state index contributed by atoms with van der Waals surface area (Å²) in [6.45, 7) is 13.1. The van der Waals surface area contributed by atoms with E-state index in [-0.39, 0.29) is 34.2 Å². The van der Waals surface area contributed by atoms with Crippen molar-refractivity contribution in [3.05, 3.63) is 72.4 Å². The molecule has 2 aromatic carbocycles. The Hall–Kier alpha value is -3.10. The van der Waals surface area contributed by atoms with Crippen molar-refractivity contribution < 1.29 is 14.3 Å². The third-order valence-corrected chi connectivity index (χ3v) is 15.1. The highest BCUT2D eigenvalue weighted by molar-refractivity contribution is 6.99. The summed E-state index contributed by atoms with van der Waals surface area (Å²) in [7, 11) is -2.91. The van der Waals surface area contributed by atoms with Crippen molar-refractivity contribution in [1.29, 1.82) is 0 Å². The molecule has 8 heteroatoms. The Morgan fingerprint density at radius 1 is 0.976 bits per heavy atom. The third kappa shape index (κ3) is 4.58. The normalized spacial score (nSPS) is 27.3. The minimum atomic E-state index is -2.91. The standard InChI is InChI=1S/C34H46N4O3Si/c1-32(2,3)38-30(35)19-27(36-38)24-17-28(37(31(39)40)34-20-23(21-34)22-34)29(18-24)41-42(33(4,5)6,25-13-9-7-10-14-25)26-15-11-8-12-16-26/h7-16,19,23-24,28-29H,17-18,20-22,35H2,1-6H3,(H,39,40). The molecule has 0 saturated heterocycles. The van der Waals surface area contributed by atoms with Crippen LogP contribution in [0.25, 0.3) is 0 Å². The maximum Gasteiger partial charge on any atom is 0.408 e. The van der Waals surface area contributed by atoms with Gasteiger partial charge < -0.3 is 15.3 Å². The average molecular weight is 587 g/mol. The number of anilines is 1. The molecule has 3 N–H and O–H groups in total. The first-order valence-corrected chi connectivity index (χ1v) is 17.3. The van der Waals surface area contributed by atoms with Crippen molar-refractivity contribution in [2.24, 2.45) is 5.92 Å². The van der Waals surface area contributed by atoms with Crippen LogP contribution in [-0.4, -0.2) is 51.9 Å². The number of carbonyl (C=O) groups is 1. The topological polar surface area (TPSA) is 93.6 Å². The fraction of sp³-hybridized carbons (Fsp3) is 0.529. The van der Waals surface area contributed by atoms with Gasteiger partial charge in [-0.1, -0.05) is 81.4 Å². The molecular weight excluding hydrogens is 540 g/mol. The lowest BCUT2D eigenvalue weighted by Gasteiger charge is -2.67. The summed E-state index contributed by atoms with van der Waals surface area (Å²) >= 11 is 0. The Labute approximate surface area is 251 Å². The van der Waals surface area contributed by atoms with Gasteiger partial charge in [0.2, 0.25) is 0 Å². The van der Waals surface area contributed by atoms with Gasteiger partial charge in [-0.2, -0.15) is 5.10 Å². The van der Waals surface area contributed by atoms with Gasteiger partial charge in [-0.3, -0.25) is 4.90 Å². The molecule has 0 spiro atoms. The Kier molecular flexibility index (Phi) is 6.89. The predicted molar refractivity (Wildman–Crippen MR) is 170 cm³/mol. The van der Waals surface area contributed by atoms with E-state index in [4.69, 9.17) is 15.3 Å². The lowest BCUT2D eigenvalue weighted by molar-refractivity contribution is -0.151. The molecule has 3 atom stereocenters. The second-order valence-electron chi connectivity index (χ2n) is 15.0. The van der Waals surface area contributed by atoms with Crippen LogP contribution in [-0.2, 0) is 9.96 Å². The summed E-state index contributed by atoms with van der Waals surface area (Å²) in [4.78, 5) is 14.9. The van der Waals surface area contributed by atoms with E-state index in [1.54, 1.807) is 0 Å². The van der Waals surface area contributed by atoms with Crippen LogP contribution in [0.15, 0.2) is 66.7 Å². The highest BCUT2D eigenvalue weighted by Crippen LogP contribution is 2.62. The summed E-state index contributed by atoms with van der Waals surface area (Å²) in [6.07, 6.45) is 3.21. The number of hydrogen-bond acceptors (Lipinski definition) is 4. The zero-order valence-electron chi connectivity index (χ0n) is 25.9. The van der Waals surface area contributed by atoms with Crippen molar-refractivity contribution in [3.8, 4) is 0 Å². The van der Waals surface area contributed by atoms with Crippen LogP contribution in [0.4, 0.5) is 10.6 Å². The predicted octanol–water partition coefficient (Wildman–Crippen LogP) is 5.94. The van der Waals surface area contributed by atoms with E-state index in [1.807, 2.05) is 15.6 Å². The van der Waals surface area contributed by atoms with Gasteiger partial charge in [0.15, 0.2) is 0 Å². The average Bonchev–Trinajstić information content (AvgIpc) is 3.47. The maximum absolute atomic E-state index is 13.1. The van der Waals surface area contributed by atoms with Crippen LogP contribution >= 0.6 is 0 Å². The highest BCUT2D eigenvalue weighted by Gasteiger charge is 2.65. The quantitative estimate of drug-likeness (QED) is 0.334. The number of rotatable bonds is 7. The summed E-state index contributed by atoms with van der Waals surface area (Å²) in [5.41, 5.74) is 6.91. The number of carboxylic acid groups (broad SMARTS) is 1. The molecule has 0 radical (unpaired) electrons. The van der Waals surface area contributed by atoms with Gasteiger partial charge in [0.1, 0.15) is 5.82 Å². The van der Waals surface area contributed by atoms with Gasteiger partial charge in [0, 0.05) is 17.5 Å². The van der Waals surface area contributed by atoms with Crippen molar-refractivity contribution >= 4 is 30.6 Å². The fourth-order valence-electron chi connectivity index (χ4n) is 8.11. The minimum Gasteiger partial charge on any atom is -0.465 e. The van der Waals surface area contributed by atoms with Crippen LogP contribution < -0.4 is 16.1 Å². The van der Waals surface area contributed by atoms with Gasteiger partial charge in [-0.05, 0) is 74.2 Å². The van der Waals surface area contributed by atoms with Gasteiger partial charge >= 0.3 is 6.09 Å². The molecule has 7 rings (SSSR count). The molecule has 2 bridgehead atoms. The van der Waals surface area contributed by atoms with Crippen LogP contribution in [0.1, 0.15) is 85.3 Å². The summed E-state index contributed by atoms with van der Waals surface area (Å²) < 4.78 is 9.58. The van der Waals surface area contributed by atoms with E-state index in [9.17, 15) is 9.90 Å². The number of hydrogen-bond donors (Lipinski definition) is 2. The van der Waals surface area contributed by atoms with Gasteiger partial charge in [0.25, 0.3) is 8.32 Å². The van der Waals surface area contributed by atoms with Crippen molar-refractivity contribution in [2.45, 2.75) is 108 Å². The molecule has 3 unspecified atom stereocenters. The van der Waals surface area contributed by atoms with Crippen molar-refractivity contribution in [1.82, 2.24) is 14.7 Å². The molecule has 224 valence electrons. The Balaban J connectivity index is 1.46. The van der Waals surface area contributed by atoms with Gasteiger partial charge in [-0.15, -0.1) is 0 Å². The minimum absolute atomic E-state index is 0.0540. The molecule has 4 fully saturated rings. The number of nitrogens with two attached hydrogens (primary N) is 1. The largest absolute Gasteiger partial charge is 0.465 e. The second kappa shape index (κ2) is 9.98.